The third-order valence-electron chi connectivity index (χ3n) is 4.82. The molecule has 0 radical (unpaired) electrons. The highest BCUT2D eigenvalue weighted by molar-refractivity contribution is 14.1. The Kier molecular flexibility index (Phi) is 10.5. The molecule has 1 fully saturated rings. The van der Waals surface area contributed by atoms with Crippen molar-refractivity contribution in [1.82, 2.24) is 0 Å². The Morgan fingerprint density at radius 3 is 2.00 bits per heavy atom. The van der Waals surface area contributed by atoms with E-state index < -0.39 is 5.97 Å². The number of nitrogens with one attached hydrogen (secondary N) is 1. The second-order valence-electron chi connectivity index (χ2n) is 7.06. The molecule has 0 aliphatic heterocycles. The van der Waals surface area contributed by atoms with Crippen LogP contribution in [0.3, 0.4) is 0 Å². The maximum atomic E-state index is 12.3. The largest absolute Gasteiger partial charge is 0.465 e. The summed E-state index contributed by atoms with van der Waals surface area (Å²) in [6, 6.07) is 3.57. The van der Waals surface area contributed by atoms with Crippen LogP contribution in [0.4, 0.5) is 11.4 Å². The van der Waals surface area contributed by atoms with Gasteiger partial charge in [-0.05, 0) is 88.9 Å². The van der Waals surface area contributed by atoms with Gasteiger partial charge in [0.1, 0.15) is 9.75 Å². The summed E-state index contributed by atoms with van der Waals surface area (Å²) in [6.45, 7) is 2.23. The molecule has 1 saturated carbocycles. The van der Waals surface area contributed by atoms with Crippen molar-refractivity contribution in [2.75, 3.05) is 25.3 Å². The van der Waals surface area contributed by atoms with Gasteiger partial charge in [0, 0.05) is 5.92 Å². The van der Waals surface area contributed by atoms with Crippen LogP contribution in [0.15, 0.2) is 12.1 Å². The Labute approximate surface area is 216 Å². The van der Waals surface area contributed by atoms with Gasteiger partial charge in [0.15, 0.2) is 0 Å². The number of carbonyl (C=O) groups is 3. The van der Waals surface area contributed by atoms with Gasteiger partial charge < -0.3 is 20.5 Å². The Hall–Kier alpha value is -0.930. The Morgan fingerprint density at radius 2 is 1.48 bits per heavy atom. The van der Waals surface area contributed by atoms with E-state index in [1.807, 2.05) is 6.07 Å². The number of amides is 1. The fraction of sp³-hybridized carbons (Fsp3) is 0.450. The summed E-state index contributed by atoms with van der Waals surface area (Å²) in [5, 5.41) is 2.90. The average Bonchev–Trinajstić information content (AvgIpc) is 3.28. The lowest BCUT2D eigenvalue weighted by Gasteiger charge is -2.25. The molecule has 0 atom stereocenters. The minimum Gasteiger partial charge on any atom is -0.465 e. The topological polar surface area (TPSA) is 108 Å². The fourth-order valence-corrected chi connectivity index (χ4v) is 6.53. The van der Waals surface area contributed by atoms with E-state index in [4.69, 9.17) is 10.5 Å². The normalized spacial score (nSPS) is 17.8. The highest BCUT2D eigenvalue weighted by atomic mass is 127. The SMILES string of the molecule is COC(=O)c1sc(I)cc1N.COC(=O)c1sc(I)cc1NC(=O)C1CCC(C)CC1. The smallest absolute Gasteiger partial charge is 0.350 e. The number of nitrogens with two attached hydrogens (primary N) is 1. The number of thiophene rings is 2. The van der Waals surface area contributed by atoms with Gasteiger partial charge in [-0.3, -0.25) is 4.79 Å². The van der Waals surface area contributed by atoms with Crippen LogP contribution in [0.2, 0.25) is 0 Å². The van der Waals surface area contributed by atoms with E-state index >= 15 is 0 Å². The van der Waals surface area contributed by atoms with Crippen LogP contribution in [-0.2, 0) is 14.3 Å². The van der Waals surface area contributed by atoms with Crippen molar-refractivity contribution in [3.05, 3.63) is 27.7 Å². The molecule has 0 aromatic carbocycles. The second kappa shape index (κ2) is 12.3. The molecule has 1 amide bonds. The molecule has 0 unspecified atom stereocenters. The van der Waals surface area contributed by atoms with Gasteiger partial charge >= 0.3 is 11.9 Å². The van der Waals surface area contributed by atoms with Crippen molar-refractivity contribution < 1.29 is 23.9 Å². The monoisotopic (exact) mass is 690 g/mol. The maximum Gasteiger partial charge on any atom is 0.350 e. The molecule has 2 aromatic rings. The fourth-order valence-electron chi connectivity index (χ4n) is 3.08. The lowest BCUT2D eigenvalue weighted by atomic mass is 9.82. The number of carbonyl (C=O) groups excluding carboxylic acids is 3. The van der Waals surface area contributed by atoms with Crippen molar-refractivity contribution in [3.63, 3.8) is 0 Å². The number of esters is 2. The summed E-state index contributed by atoms with van der Waals surface area (Å²) in [5.41, 5.74) is 6.59. The highest BCUT2D eigenvalue weighted by Gasteiger charge is 2.26. The first-order valence-electron chi connectivity index (χ1n) is 9.47. The zero-order chi connectivity index (χ0) is 23.1. The summed E-state index contributed by atoms with van der Waals surface area (Å²) < 4.78 is 11.2. The van der Waals surface area contributed by atoms with Crippen LogP contribution in [0, 0.1) is 17.6 Å². The molecule has 3 rings (SSSR count). The van der Waals surface area contributed by atoms with Crippen molar-refractivity contribution in [1.29, 1.82) is 0 Å². The molecule has 0 bridgehead atoms. The predicted octanol–water partition coefficient (Wildman–Crippen LogP) is 5.63. The van der Waals surface area contributed by atoms with Crippen LogP contribution in [0.1, 0.15) is 52.0 Å². The quantitative estimate of drug-likeness (QED) is 0.319. The Balaban J connectivity index is 0.000000262. The Morgan fingerprint density at radius 1 is 0.968 bits per heavy atom. The Bertz CT molecular complexity index is 936. The molecule has 3 N–H and O–H groups in total. The summed E-state index contributed by atoms with van der Waals surface area (Å²) in [6.07, 6.45) is 4.07. The van der Waals surface area contributed by atoms with E-state index in [0.717, 1.165) is 31.5 Å². The van der Waals surface area contributed by atoms with Gasteiger partial charge in [0.2, 0.25) is 5.91 Å². The maximum absolute atomic E-state index is 12.3. The van der Waals surface area contributed by atoms with E-state index in [2.05, 4.69) is 62.2 Å². The van der Waals surface area contributed by atoms with Gasteiger partial charge in [0.25, 0.3) is 0 Å². The first-order chi connectivity index (χ1) is 14.7. The third kappa shape index (κ3) is 7.56. The van der Waals surface area contributed by atoms with E-state index in [0.29, 0.717) is 27.0 Å². The van der Waals surface area contributed by atoms with Gasteiger partial charge in [-0.1, -0.05) is 6.92 Å². The molecule has 0 saturated heterocycles. The lowest BCUT2D eigenvalue weighted by Crippen LogP contribution is -2.27. The molecule has 1 aliphatic rings. The van der Waals surface area contributed by atoms with E-state index in [1.165, 1.54) is 36.9 Å². The molecule has 7 nitrogen and oxygen atoms in total. The molecule has 2 aromatic heterocycles. The summed E-state index contributed by atoms with van der Waals surface area (Å²) in [7, 11) is 2.69. The number of anilines is 2. The second-order valence-corrected chi connectivity index (χ2v) is 13.0. The zero-order valence-electron chi connectivity index (χ0n) is 17.3. The molecular formula is C20H24I2N2O5S2. The van der Waals surface area contributed by atoms with Crippen LogP contribution in [0.5, 0.6) is 0 Å². The van der Waals surface area contributed by atoms with Gasteiger partial charge in [-0.2, -0.15) is 0 Å². The van der Waals surface area contributed by atoms with Crippen molar-refractivity contribution in [2.24, 2.45) is 11.8 Å². The molecular weight excluding hydrogens is 666 g/mol. The predicted molar refractivity (Wildman–Crippen MR) is 141 cm³/mol. The van der Waals surface area contributed by atoms with Crippen LogP contribution < -0.4 is 11.1 Å². The minimum atomic E-state index is -0.398. The van der Waals surface area contributed by atoms with Crippen molar-refractivity contribution in [2.45, 2.75) is 32.6 Å². The molecule has 0 spiro atoms. The van der Waals surface area contributed by atoms with Crippen LogP contribution in [0.25, 0.3) is 0 Å². The number of hydrogen-bond acceptors (Lipinski definition) is 8. The summed E-state index contributed by atoms with van der Waals surface area (Å²) in [4.78, 5) is 35.9. The minimum absolute atomic E-state index is 0.0243. The van der Waals surface area contributed by atoms with Gasteiger partial charge in [-0.25, -0.2) is 9.59 Å². The van der Waals surface area contributed by atoms with Crippen LogP contribution >= 0.6 is 67.9 Å². The summed E-state index contributed by atoms with van der Waals surface area (Å²) in [5.74, 6) is 0.0400. The zero-order valence-corrected chi connectivity index (χ0v) is 23.3. The number of nitrogen functional groups attached to an aromatic ring is 1. The number of ether oxygens (including phenoxy) is 2. The first kappa shape index (κ1) is 26.3. The number of methoxy groups -OCH3 is 2. The van der Waals surface area contributed by atoms with E-state index in [9.17, 15) is 14.4 Å². The number of halogens is 2. The lowest BCUT2D eigenvalue weighted by molar-refractivity contribution is -0.121. The van der Waals surface area contributed by atoms with Crippen LogP contribution in [-0.4, -0.2) is 32.1 Å². The molecule has 2 heterocycles. The van der Waals surface area contributed by atoms with E-state index in [1.54, 1.807) is 6.07 Å². The number of hydrogen-bond donors (Lipinski definition) is 2. The van der Waals surface area contributed by atoms with E-state index in [-0.39, 0.29) is 17.8 Å². The van der Waals surface area contributed by atoms with Gasteiger partial charge in [-0.15, -0.1) is 22.7 Å². The standard InChI is InChI=1S/C14H18INO3S.C6H6INO2S/c1-8-3-5-9(6-4-8)13(17)16-10-7-11(15)20-12(10)14(18)19-2;1-10-6(9)5-3(8)2-4(7)11-5/h7-9H,3-6H2,1-2H3,(H,16,17);2H,8H2,1H3. The molecule has 11 heteroatoms. The number of rotatable bonds is 4. The highest BCUT2D eigenvalue weighted by Crippen LogP contribution is 2.32. The average molecular weight is 690 g/mol. The van der Waals surface area contributed by atoms with Gasteiger partial charge in [0.05, 0.1) is 31.4 Å². The molecule has 31 heavy (non-hydrogen) atoms. The molecule has 1 aliphatic carbocycles. The summed E-state index contributed by atoms with van der Waals surface area (Å²) >= 11 is 6.91. The third-order valence-corrected chi connectivity index (χ3v) is 8.59. The van der Waals surface area contributed by atoms with Crippen molar-refractivity contribution in [3.8, 4) is 0 Å². The van der Waals surface area contributed by atoms with Crippen molar-refractivity contribution >= 4 is 97.1 Å². The molecule has 170 valence electrons. The first-order valence-corrected chi connectivity index (χ1v) is 13.3.